The molecule has 0 amide bonds. The van der Waals surface area contributed by atoms with Crippen LogP contribution in [0.4, 0.5) is 5.69 Å². The second-order valence-corrected chi connectivity index (χ2v) is 5.99. The van der Waals surface area contributed by atoms with Gasteiger partial charge in [-0.2, -0.15) is 0 Å². The van der Waals surface area contributed by atoms with Crippen molar-refractivity contribution in [2.45, 2.75) is 44.6 Å². The standard InChI is InChI=1S/C15H20BrNO/c1-17(14-6-4-2-3-5-7-14)15-9-8-13(16)10-12(15)11-18/h8-11,14H,2-7H2,1H3. The van der Waals surface area contributed by atoms with Gasteiger partial charge in [-0.1, -0.05) is 41.6 Å². The lowest BCUT2D eigenvalue weighted by molar-refractivity contribution is 0.112. The molecule has 0 heterocycles. The van der Waals surface area contributed by atoms with Gasteiger partial charge in [0.05, 0.1) is 0 Å². The van der Waals surface area contributed by atoms with Gasteiger partial charge in [0, 0.05) is 28.8 Å². The largest absolute Gasteiger partial charge is 0.371 e. The van der Waals surface area contributed by atoms with Crippen LogP contribution in [0.25, 0.3) is 0 Å². The number of halogens is 1. The summed E-state index contributed by atoms with van der Waals surface area (Å²) in [6.07, 6.45) is 8.75. The molecule has 18 heavy (non-hydrogen) atoms. The van der Waals surface area contributed by atoms with Gasteiger partial charge >= 0.3 is 0 Å². The molecule has 0 unspecified atom stereocenters. The van der Waals surface area contributed by atoms with Crippen molar-refractivity contribution in [3.8, 4) is 0 Å². The minimum Gasteiger partial charge on any atom is -0.371 e. The van der Waals surface area contributed by atoms with E-state index in [-0.39, 0.29) is 0 Å². The third-order valence-electron chi connectivity index (χ3n) is 3.87. The van der Waals surface area contributed by atoms with Crippen LogP contribution in [0.3, 0.4) is 0 Å². The number of hydrogen-bond acceptors (Lipinski definition) is 2. The molecule has 0 bridgehead atoms. The Bertz CT molecular complexity index is 411. The highest BCUT2D eigenvalue weighted by atomic mass is 79.9. The quantitative estimate of drug-likeness (QED) is 0.608. The van der Waals surface area contributed by atoms with Crippen molar-refractivity contribution in [1.29, 1.82) is 0 Å². The zero-order chi connectivity index (χ0) is 13.0. The molecule has 1 saturated carbocycles. The van der Waals surface area contributed by atoms with Gasteiger partial charge in [-0.3, -0.25) is 4.79 Å². The summed E-state index contributed by atoms with van der Waals surface area (Å²) in [6, 6.07) is 6.52. The van der Waals surface area contributed by atoms with Crippen molar-refractivity contribution in [3.63, 3.8) is 0 Å². The van der Waals surface area contributed by atoms with Crippen molar-refractivity contribution < 1.29 is 4.79 Å². The van der Waals surface area contributed by atoms with E-state index in [1.54, 1.807) is 0 Å². The SMILES string of the molecule is CN(c1ccc(Br)cc1C=O)C1CCCCCC1. The van der Waals surface area contributed by atoms with Gasteiger partial charge in [0.2, 0.25) is 0 Å². The molecule has 0 aromatic heterocycles. The van der Waals surface area contributed by atoms with E-state index >= 15 is 0 Å². The molecule has 0 spiro atoms. The first-order valence-electron chi connectivity index (χ1n) is 6.70. The molecule has 1 aromatic carbocycles. The van der Waals surface area contributed by atoms with Crippen LogP contribution < -0.4 is 4.90 Å². The number of carbonyl (C=O) groups excluding carboxylic acids is 1. The van der Waals surface area contributed by atoms with Crippen molar-refractivity contribution in [2.75, 3.05) is 11.9 Å². The van der Waals surface area contributed by atoms with Crippen LogP contribution in [0, 0.1) is 0 Å². The third-order valence-corrected chi connectivity index (χ3v) is 4.36. The Hall–Kier alpha value is -0.830. The van der Waals surface area contributed by atoms with E-state index in [4.69, 9.17) is 0 Å². The molecule has 98 valence electrons. The molecular formula is C15H20BrNO. The normalized spacial score (nSPS) is 17.2. The molecule has 2 rings (SSSR count). The molecule has 0 atom stereocenters. The van der Waals surface area contributed by atoms with Crippen molar-refractivity contribution in [3.05, 3.63) is 28.2 Å². The van der Waals surface area contributed by atoms with Crippen molar-refractivity contribution in [1.82, 2.24) is 0 Å². The summed E-state index contributed by atoms with van der Waals surface area (Å²) in [7, 11) is 2.12. The Kier molecular flexibility index (Phi) is 4.81. The third kappa shape index (κ3) is 3.14. The van der Waals surface area contributed by atoms with Gasteiger partial charge < -0.3 is 4.90 Å². The number of benzene rings is 1. The maximum absolute atomic E-state index is 11.2. The number of rotatable bonds is 3. The lowest BCUT2D eigenvalue weighted by atomic mass is 10.1. The summed E-state index contributed by atoms with van der Waals surface area (Å²) in [6.45, 7) is 0. The monoisotopic (exact) mass is 309 g/mol. The van der Waals surface area contributed by atoms with E-state index in [1.165, 1.54) is 38.5 Å². The second-order valence-electron chi connectivity index (χ2n) is 5.08. The minimum atomic E-state index is 0.576. The first kappa shape index (κ1) is 13.6. The fourth-order valence-electron chi connectivity index (χ4n) is 2.78. The van der Waals surface area contributed by atoms with Gasteiger partial charge in [-0.25, -0.2) is 0 Å². The van der Waals surface area contributed by atoms with Crippen LogP contribution in [-0.2, 0) is 0 Å². The number of hydrogen-bond donors (Lipinski definition) is 0. The van der Waals surface area contributed by atoms with Crippen LogP contribution in [0.2, 0.25) is 0 Å². The zero-order valence-corrected chi connectivity index (χ0v) is 12.4. The number of anilines is 1. The molecule has 2 nitrogen and oxygen atoms in total. The first-order chi connectivity index (χ1) is 8.72. The predicted octanol–water partition coefficient (Wildman–Crippen LogP) is 4.42. The second kappa shape index (κ2) is 6.37. The van der Waals surface area contributed by atoms with Crippen molar-refractivity contribution in [2.24, 2.45) is 0 Å². The smallest absolute Gasteiger partial charge is 0.152 e. The Balaban J connectivity index is 2.21. The number of carbonyl (C=O) groups is 1. The summed E-state index contributed by atoms with van der Waals surface area (Å²) in [5, 5.41) is 0. The van der Waals surface area contributed by atoms with E-state index in [0.29, 0.717) is 6.04 Å². The lowest BCUT2D eigenvalue weighted by Gasteiger charge is -2.30. The predicted molar refractivity (Wildman–Crippen MR) is 79.4 cm³/mol. The molecule has 0 saturated heterocycles. The molecule has 1 aliphatic rings. The number of nitrogens with zero attached hydrogens (tertiary/aromatic N) is 1. The molecule has 1 aliphatic carbocycles. The maximum Gasteiger partial charge on any atom is 0.152 e. The van der Waals surface area contributed by atoms with E-state index in [0.717, 1.165) is 22.0 Å². The van der Waals surface area contributed by atoms with E-state index in [2.05, 4.69) is 27.9 Å². The van der Waals surface area contributed by atoms with Gasteiger partial charge in [-0.05, 0) is 31.0 Å². The highest BCUT2D eigenvalue weighted by molar-refractivity contribution is 9.10. The van der Waals surface area contributed by atoms with Crippen LogP contribution in [0.15, 0.2) is 22.7 Å². The summed E-state index contributed by atoms with van der Waals surface area (Å²) >= 11 is 3.42. The Labute approximate surface area is 117 Å². The molecule has 0 radical (unpaired) electrons. The summed E-state index contributed by atoms with van der Waals surface area (Å²) in [5.41, 5.74) is 1.83. The van der Waals surface area contributed by atoms with Crippen LogP contribution >= 0.6 is 15.9 Å². The topological polar surface area (TPSA) is 20.3 Å². The molecule has 3 heteroatoms. The zero-order valence-electron chi connectivity index (χ0n) is 10.9. The summed E-state index contributed by atoms with van der Waals surface area (Å²) in [5.74, 6) is 0. The Morgan fingerprint density at radius 2 is 1.89 bits per heavy atom. The number of aldehydes is 1. The van der Waals surface area contributed by atoms with E-state index in [9.17, 15) is 4.79 Å². The van der Waals surface area contributed by atoms with Gasteiger partial charge in [0.15, 0.2) is 6.29 Å². The average molecular weight is 310 g/mol. The Morgan fingerprint density at radius 1 is 1.22 bits per heavy atom. The molecule has 1 fully saturated rings. The van der Waals surface area contributed by atoms with Crippen LogP contribution in [-0.4, -0.2) is 19.4 Å². The van der Waals surface area contributed by atoms with Gasteiger partial charge in [-0.15, -0.1) is 0 Å². The van der Waals surface area contributed by atoms with E-state index < -0.39 is 0 Å². The molecule has 0 aliphatic heterocycles. The van der Waals surface area contributed by atoms with Crippen molar-refractivity contribution >= 4 is 27.9 Å². The molecular weight excluding hydrogens is 290 g/mol. The average Bonchev–Trinajstić information content (AvgIpc) is 2.66. The minimum absolute atomic E-state index is 0.576. The molecule has 1 aromatic rings. The lowest BCUT2D eigenvalue weighted by Crippen LogP contribution is -2.31. The van der Waals surface area contributed by atoms with Gasteiger partial charge in [0.25, 0.3) is 0 Å². The fraction of sp³-hybridized carbons (Fsp3) is 0.533. The maximum atomic E-state index is 11.2. The van der Waals surface area contributed by atoms with E-state index in [1.807, 2.05) is 18.2 Å². The first-order valence-corrected chi connectivity index (χ1v) is 7.49. The summed E-state index contributed by atoms with van der Waals surface area (Å²) < 4.78 is 0.961. The summed E-state index contributed by atoms with van der Waals surface area (Å²) in [4.78, 5) is 13.5. The fourth-order valence-corrected chi connectivity index (χ4v) is 3.16. The van der Waals surface area contributed by atoms with Crippen LogP contribution in [0.5, 0.6) is 0 Å². The highest BCUT2D eigenvalue weighted by Crippen LogP contribution is 2.28. The van der Waals surface area contributed by atoms with Crippen LogP contribution in [0.1, 0.15) is 48.9 Å². The van der Waals surface area contributed by atoms with Gasteiger partial charge in [0.1, 0.15) is 0 Å². The molecule has 0 N–H and O–H groups in total. The highest BCUT2D eigenvalue weighted by Gasteiger charge is 2.19. The Morgan fingerprint density at radius 3 is 2.50 bits per heavy atom.